The van der Waals surface area contributed by atoms with Crippen molar-refractivity contribution in [1.29, 1.82) is 0 Å². The first-order valence-corrected chi connectivity index (χ1v) is 20.4. The first-order valence-electron chi connectivity index (χ1n) is 17.3. The number of nitrogens with two attached hydrogens (primary N) is 1. The number of fused-ring (bicyclic) bond motifs is 1. The molecule has 2 aromatic carbocycles. The van der Waals surface area contributed by atoms with Crippen LogP contribution in [0.1, 0.15) is 60.8 Å². The Hall–Kier alpha value is -3.90. The van der Waals surface area contributed by atoms with Crippen LogP contribution < -0.4 is 20.6 Å². The van der Waals surface area contributed by atoms with Gasteiger partial charge in [-0.15, -0.1) is 0 Å². The summed E-state index contributed by atoms with van der Waals surface area (Å²) in [6, 6.07) is 7.15. The zero-order chi connectivity index (χ0) is 38.1. The number of nitrogens with one attached hydrogen (secondary N) is 2. The number of nitrogens with zero attached hydrogens (tertiary/aromatic N) is 3. The highest BCUT2D eigenvalue weighted by Gasteiger charge is 2.48. The highest BCUT2D eigenvalue weighted by molar-refractivity contribution is 7.89. The smallest absolute Gasteiger partial charge is 0.305 e. The van der Waals surface area contributed by atoms with Gasteiger partial charge in [-0.05, 0) is 93.5 Å². The standard InChI is InChI=1S/C35H48N6O9S2/c1-21-17-29(50-5)22(2)23(3)33(21)52(48,49)38-26-13-11-25(12-14-26)31(32(43)35(45)39(4)36)37-34(44)28-16-15-27-18-40(19-30(42)41(27)28)51(46,47)20-24-9-7-6-8-10-24/h6-10,17,25-28,31,38H,11-16,18-20,36H2,1-5H3,(H,37,44)/t25?,26?,27-,28-,31?/m0/s1. The molecule has 2 aliphatic heterocycles. The number of Topliss-reactive ketones (excluding diaryl/α,β-unsaturated/α-hetero) is 1. The van der Waals surface area contributed by atoms with Gasteiger partial charge in [-0.1, -0.05) is 30.3 Å². The number of amides is 3. The largest absolute Gasteiger partial charge is 0.496 e. The maximum atomic E-state index is 13.8. The van der Waals surface area contributed by atoms with Gasteiger partial charge in [-0.25, -0.2) is 27.4 Å². The number of likely N-dealkylation sites (N-methyl/N-ethyl adjacent to an activating group) is 1. The van der Waals surface area contributed by atoms with E-state index in [0.29, 0.717) is 65.1 Å². The number of ether oxygens (including phenoxy) is 1. The predicted octanol–water partition coefficient (Wildman–Crippen LogP) is 1.05. The Bertz CT molecular complexity index is 1930. The van der Waals surface area contributed by atoms with Crippen molar-refractivity contribution in [2.45, 2.75) is 94.1 Å². The second-order valence-electron chi connectivity index (χ2n) is 14.1. The molecule has 4 N–H and O–H groups in total. The molecule has 2 aromatic rings. The Morgan fingerprint density at radius 3 is 2.25 bits per heavy atom. The third-order valence-corrected chi connectivity index (χ3v) is 14.1. The van der Waals surface area contributed by atoms with Crippen molar-refractivity contribution in [3.63, 3.8) is 0 Å². The molecule has 15 nitrogen and oxygen atoms in total. The van der Waals surface area contributed by atoms with E-state index in [2.05, 4.69) is 10.0 Å². The molecule has 0 bridgehead atoms. The number of hydrogen-bond acceptors (Lipinski definition) is 10. The van der Waals surface area contributed by atoms with E-state index in [1.807, 2.05) is 0 Å². The van der Waals surface area contributed by atoms with Crippen LogP contribution in [-0.4, -0.2) is 106 Å². The van der Waals surface area contributed by atoms with Crippen LogP contribution in [0.2, 0.25) is 0 Å². The van der Waals surface area contributed by atoms with Gasteiger partial charge in [0.15, 0.2) is 0 Å². The molecule has 0 radical (unpaired) electrons. The van der Waals surface area contributed by atoms with Crippen molar-refractivity contribution in [3.8, 4) is 5.75 Å². The maximum absolute atomic E-state index is 13.8. The van der Waals surface area contributed by atoms with Crippen molar-refractivity contribution in [3.05, 3.63) is 58.7 Å². The molecule has 3 amide bonds. The Morgan fingerprint density at radius 2 is 1.63 bits per heavy atom. The van der Waals surface area contributed by atoms with Gasteiger partial charge in [0.05, 0.1) is 24.3 Å². The zero-order valence-corrected chi connectivity index (χ0v) is 31.8. The van der Waals surface area contributed by atoms with Crippen molar-refractivity contribution in [2.75, 3.05) is 27.2 Å². The molecular formula is C35H48N6O9S2. The fourth-order valence-electron chi connectivity index (χ4n) is 7.77. The number of carbonyl (C=O) groups is 4. The van der Waals surface area contributed by atoms with Crippen LogP contribution in [0.3, 0.4) is 0 Å². The number of benzene rings is 2. The molecule has 3 fully saturated rings. The van der Waals surface area contributed by atoms with Crippen LogP contribution in [0.5, 0.6) is 5.75 Å². The Balaban J connectivity index is 1.26. The summed E-state index contributed by atoms with van der Waals surface area (Å²) >= 11 is 0. The van der Waals surface area contributed by atoms with E-state index in [0.717, 1.165) is 4.31 Å². The number of aryl methyl sites for hydroxylation is 1. The summed E-state index contributed by atoms with van der Waals surface area (Å²) in [7, 11) is -4.98. The molecule has 52 heavy (non-hydrogen) atoms. The zero-order valence-electron chi connectivity index (χ0n) is 30.1. The monoisotopic (exact) mass is 760 g/mol. The average Bonchev–Trinajstić information content (AvgIpc) is 3.53. The van der Waals surface area contributed by atoms with E-state index in [9.17, 15) is 36.0 Å². The quantitative estimate of drug-likeness (QED) is 0.121. The lowest BCUT2D eigenvalue weighted by molar-refractivity contribution is -0.148. The number of carbonyl (C=O) groups excluding carboxylic acids is 4. The summed E-state index contributed by atoms with van der Waals surface area (Å²) in [4.78, 5) is 55.1. The van der Waals surface area contributed by atoms with Crippen molar-refractivity contribution in [1.82, 2.24) is 24.3 Å². The third-order valence-electron chi connectivity index (χ3n) is 10.5. The normalized spacial score (nSPS) is 23.1. The van der Waals surface area contributed by atoms with Gasteiger partial charge in [0.25, 0.3) is 0 Å². The summed E-state index contributed by atoms with van der Waals surface area (Å²) in [5, 5.41) is 3.39. The molecule has 2 heterocycles. The lowest BCUT2D eigenvalue weighted by atomic mass is 9.80. The minimum atomic E-state index is -3.92. The molecule has 1 aliphatic carbocycles. The Morgan fingerprint density at radius 1 is 0.981 bits per heavy atom. The van der Waals surface area contributed by atoms with Gasteiger partial charge in [0, 0.05) is 25.7 Å². The van der Waals surface area contributed by atoms with Crippen LogP contribution in [0.15, 0.2) is 41.3 Å². The molecule has 1 unspecified atom stereocenters. The summed E-state index contributed by atoms with van der Waals surface area (Å²) in [6.45, 7) is 4.86. The van der Waals surface area contributed by atoms with Crippen molar-refractivity contribution >= 4 is 43.6 Å². The van der Waals surface area contributed by atoms with Crippen molar-refractivity contribution < 1.29 is 40.8 Å². The van der Waals surface area contributed by atoms with Crippen LogP contribution in [0.4, 0.5) is 0 Å². The fraction of sp³-hybridized carbons (Fsp3) is 0.543. The van der Waals surface area contributed by atoms with E-state index in [-0.39, 0.29) is 23.6 Å². The second-order valence-corrected chi connectivity index (χ2v) is 17.7. The SMILES string of the molecule is COc1cc(C)c(S(=O)(=O)NC2CCC(C(NC(=O)[C@@H]3CC[C@H]4CN(S(=O)(=O)Cc5ccccc5)CC(=O)N43)C(=O)C(=O)N(C)N)CC2)c(C)c1C. The topological polar surface area (TPSA) is 206 Å². The molecule has 5 rings (SSSR count). The van der Waals surface area contributed by atoms with Crippen LogP contribution >= 0.6 is 0 Å². The van der Waals surface area contributed by atoms with E-state index in [1.165, 1.54) is 19.1 Å². The van der Waals surface area contributed by atoms with Gasteiger partial charge >= 0.3 is 5.91 Å². The Kier molecular flexibility index (Phi) is 11.8. The van der Waals surface area contributed by atoms with E-state index in [4.69, 9.17) is 10.6 Å². The van der Waals surface area contributed by atoms with E-state index >= 15 is 0 Å². The summed E-state index contributed by atoms with van der Waals surface area (Å²) < 4.78 is 62.9. The maximum Gasteiger partial charge on any atom is 0.305 e. The summed E-state index contributed by atoms with van der Waals surface area (Å²) in [5.41, 5.74) is 2.44. The summed E-state index contributed by atoms with van der Waals surface area (Å²) in [5.74, 6) is 2.38. The number of sulfonamides is 2. The number of hydrogen-bond donors (Lipinski definition) is 3. The van der Waals surface area contributed by atoms with Gasteiger partial charge in [0.2, 0.25) is 37.6 Å². The van der Waals surface area contributed by atoms with Gasteiger partial charge in [-0.3, -0.25) is 24.2 Å². The number of hydrazine groups is 1. The first kappa shape index (κ1) is 39.3. The number of ketones is 1. The molecule has 2 saturated heterocycles. The average molecular weight is 761 g/mol. The van der Waals surface area contributed by atoms with Crippen LogP contribution in [0, 0.1) is 26.7 Å². The molecule has 284 valence electrons. The third kappa shape index (κ3) is 8.17. The number of piperazine rings is 1. The van der Waals surface area contributed by atoms with Crippen LogP contribution in [0.25, 0.3) is 0 Å². The highest BCUT2D eigenvalue weighted by atomic mass is 32.2. The molecule has 0 aromatic heterocycles. The van der Waals surface area contributed by atoms with Crippen molar-refractivity contribution in [2.24, 2.45) is 11.8 Å². The minimum Gasteiger partial charge on any atom is -0.496 e. The fourth-order valence-corrected chi connectivity index (χ4v) is 11.1. The van der Waals surface area contributed by atoms with Gasteiger partial charge < -0.3 is 15.0 Å². The lowest BCUT2D eigenvalue weighted by Crippen LogP contribution is -2.61. The molecule has 17 heteroatoms. The number of methoxy groups -OCH3 is 1. The van der Waals surface area contributed by atoms with Gasteiger partial charge in [0.1, 0.15) is 17.8 Å². The highest BCUT2D eigenvalue weighted by Crippen LogP contribution is 2.34. The number of rotatable bonds is 12. The molecular weight excluding hydrogens is 713 g/mol. The molecule has 0 spiro atoms. The Labute approximate surface area is 305 Å². The summed E-state index contributed by atoms with van der Waals surface area (Å²) in [6.07, 6.45) is 1.94. The first-order chi connectivity index (χ1) is 24.4. The second kappa shape index (κ2) is 15.6. The predicted molar refractivity (Wildman–Crippen MR) is 191 cm³/mol. The van der Waals surface area contributed by atoms with Gasteiger partial charge in [-0.2, -0.15) is 4.31 Å². The molecule has 1 saturated carbocycles. The van der Waals surface area contributed by atoms with Crippen LogP contribution in [-0.2, 0) is 45.0 Å². The minimum absolute atomic E-state index is 0.0402. The molecule has 3 atom stereocenters. The van der Waals surface area contributed by atoms with E-state index < -0.39 is 80.2 Å². The van der Waals surface area contributed by atoms with E-state index in [1.54, 1.807) is 57.2 Å². The molecule has 3 aliphatic rings. The lowest BCUT2D eigenvalue weighted by Gasteiger charge is -2.39.